The summed E-state index contributed by atoms with van der Waals surface area (Å²) in [6.07, 6.45) is 4.51. The van der Waals surface area contributed by atoms with Gasteiger partial charge in [0.1, 0.15) is 15.6 Å². The van der Waals surface area contributed by atoms with Crippen molar-refractivity contribution >= 4 is 40.2 Å². The van der Waals surface area contributed by atoms with Gasteiger partial charge in [0.25, 0.3) is 5.91 Å². The molecule has 0 saturated carbocycles. The molecule has 0 fully saturated rings. The van der Waals surface area contributed by atoms with Crippen LogP contribution in [0.5, 0.6) is 0 Å². The molecule has 9 heteroatoms. The third kappa shape index (κ3) is 7.06. The quantitative estimate of drug-likeness (QED) is 0.351. The predicted octanol–water partition coefficient (Wildman–Crippen LogP) is 2.81. The first kappa shape index (κ1) is 20.7. The molecular formula is C15H26N4O3S2. The number of carbonyl (C=O) groups excluding carboxylic acids is 2. The van der Waals surface area contributed by atoms with Crippen LogP contribution in [0.15, 0.2) is 5.03 Å². The number of nitrogens with two attached hydrogens (primary N) is 1. The summed E-state index contributed by atoms with van der Waals surface area (Å²) in [6, 6.07) is -0.492. The summed E-state index contributed by atoms with van der Waals surface area (Å²) in [6.45, 7) is 4.12. The molecule has 0 radical (unpaired) electrons. The Kier molecular flexibility index (Phi) is 9.73. The standard InChI is InChI=1S/C15H26N4O3S2/c1-3-5-6-7-8-23-14-11(12(16)21)13(24-19-14)18-15(22)17-9-10(20)4-2/h10,20H,3-9H2,1-2H3,(H2,16,21)(H2,17,18,22). The van der Waals surface area contributed by atoms with E-state index in [1.165, 1.54) is 24.6 Å². The van der Waals surface area contributed by atoms with E-state index in [0.29, 0.717) is 16.4 Å². The van der Waals surface area contributed by atoms with Gasteiger partial charge in [-0.15, -0.1) is 11.8 Å². The summed E-state index contributed by atoms with van der Waals surface area (Å²) in [5.41, 5.74) is 5.69. The Bertz CT molecular complexity index is 537. The maximum absolute atomic E-state index is 11.8. The molecule has 0 bridgehead atoms. The number of urea groups is 1. The molecule has 0 saturated heterocycles. The van der Waals surface area contributed by atoms with Gasteiger partial charge in [-0.25, -0.2) is 4.79 Å². The van der Waals surface area contributed by atoms with Gasteiger partial charge in [0.05, 0.1) is 6.10 Å². The van der Waals surface area contributed by atoms with Crippen molar-refractivity contribution in [2.45, 2.75) is 57.1 Å². The molecule has 1 unspecified atom stereocenters. The number of unbranched alkanes of at least 4 members (excludes halogenated alkanes) is 3. The topological polar surface area (TPSA) is 117 Å². The van der Waals surface area contributed by atoms with Crippen LogP contribution >= 0.6 is 23.3 Å². The number of anilines is 1. The molecule has 7 nitrogen and oxygen atoms in total. The van der Waals surface area contributed by atoms with Crippen LogP contribution in [0.25, 0.3) is 0 Å². The molecule has 5 N–H and O–H groups in total. The van der Waals surface area contributed by atoms with Crippen LogP contribution in [0.2, 0.25) is 0 Å². The van der Waals surface area contributed by atoms with Gasteiger partial charge in [-0.1, -0.05) is 33.1 Å². The lowest BCUT2D eigenvalue weighted by molar-refractivity contribution is 0.0998. The number of rotatable bonds is 11. The monoisotopic (exact) mass is 374 g/mol. The zero-order chi connectivity index (χ0) is 17.9. The first-order valence-electron chi connectivity index (χ1n) is 8.14. The summed E-state index contributed by atoms with van der Waals surface area (Å²) in [4.78, 5) is 23.5. The van der Waals surface area contributed by atoms with Crippen molar-refractivity contribution in [2.24, 2.45) is 5.73 Å². The molecule has 0 aromatic carbocycles. The van der Waals surface area contributed by atoms with Crippen LogP contribution in [0.3, 0.4) is 0 Å². The van der Waals surface area contributed by atoms with Crippen molar-refractivity contribution in [1.29, 1.82) is 0 Å². The van der Waals surface area contributed by atoms with E-state index in [2.05, 4.69) is 21.9 Å². The molecule has 1 rings (SSSR count). The van der Waals surface area contributed by atoms with Crippen LogP contribution in [-0.4, -0.2) is 39.8 Å². The maximum atomic E-state index is 11.8. The average Bonchev–Trinajstić information content (AvgIpc) is 2.95. The second-order valence-corrected chi connectivity index (χ2v) is 7.22. The molecule has 1 aromatic rings. The van der Waals surface area contributed by atoms with Crippen LogP contribution < -0.4 is 16.4 Å². The predicted molar refractivity (Wildman–Crippen MR) is 98.8 cm³/mol. The number of nitrogens with one attached hydrogen (secondary N) is 2. The Hall–Kier alpha value is -1.32. The smallest absolute Gasteiger partial charge is 0.319 e. The van der Waals surface area contributed by atoms with Crippen molar-refractivity contribution in [3.8, 4) is 0 Å². The van der Waals surface area contributed by atoms with Gasteiger partial charge in [0.15, 0.2) is 0 Å². The Morgan fingerprint density at radius 2 is 2.08 bits per heavy atom. The molecule has 3 amide bonds. The SMILES string of the molecule is CCCCCCSc1nsc(NC(=O)NCC(O)CC)c1C(N)=O. The van der Waals surface area contributed by atoms with E-state index in [1.807, 2.05) is 6.92 Å². The number of carbonyl (C=O) groups is 2. The maximum Gasteiger partial charge on any atom is 0.319 e. The summed E-state index contributed by atoms with van der Waals surface area (Å²) >= 11 is 2.52. The average molecular weight is 375 g/mol. The van der Waals surface area contributed by atoms with Crippen LogP contribution in [0.4, 0.5) is 9.80 Å². The second-order valence-electron chi connectivity index (χ2n) is 5.36. The van der Waals surface area contributed by atoms with E-state index in [0.717, 1.165) is 30.1 Å². The fourth-order valence-corrected chi connectivity index (χ4v) is 3.84. The van der Waals surface area contributed by atoms with Gasteiger partial charge in [-0.2, -0.15) is 4.37 Å². The highest BCUT2D eigenvalue weighted by atomic mass is 32.2. The first-order chi connectivity index (χ1) is 11.5. The van der Waals surface area contributed by atoms with Gasteiger partial charge >= 0.3 is 6.03 Å². The van der Waals surface area contributed by atoms with E-state index in [4.69, 9.17) is 5.73 Å². The summed E-state index contributed by atoms with van der Waals surface area (Å²) in [7, 11) is 0. The van der Waals surface area contributed by atoms with Crippen LogP contribution in [0, 0.1) is 0 Å². The van der Waals surface area contributed by atoms with Crippen molar-refractivity contribution < 1.29 is 14.7 Å². The Morgan fingerprint density at radius 3 is 2.71 bits per heavy atom. The minimum Gasteiger partial charge on any atom is -0.391 e. The highest BCUT2D eigenvalue weighted by molar-refractivity contribution is 7.99. The molecule has 1 heterocycles. The third-order valence-electron chi connectivity index (χ3n) is 3.34. The molecule has 0 spiro atoms. The number of aromatic nitrogens is 1. The van der Waals surface area contributed by atoms with Gasteiger partial charge in [-0.05, 0) is 30.1 Å². The molecule has 0 aliphatic rings. The molecule has 1 atom stereocenters. The van der Waals surface area contributed by atoms with Crippen molar-refractivity contribution in [3.63, 3.8) is 0 Å². The minimum absolute atomic E-state index is 0.145. The Morgan fingerprint density at radius 1 is 1.33 bits per heavy atom. The number of hydrogen-bond donors (Lipinski definition) is 4. The number of hydrogen-bond acceptors (Lipinski definition) is 6. The lowest BCUT2D eigenvalue weighted by atomic mass is 10.2. The number of aliphatic hydroxyl groups excluding tert-OH is 1. The lowest BCUT2D eigenvalue weighted by Crippen LogP contribution is -2.35. The number of aliphatic hydroxyl groups is 1. The van der Waals surface area contributed by atoms with E-state index in [1.54, 1.807) is 0 Å². The molecule has 0 aliphatic heterocycles. The van der Waals surface area contributed by atoms with Gasteiger partial charge in [0, 0.05) is 6.54 Å². The minimum atomic E-state index is -0.608. The second kappa shape index (κ2) is 11.3. The fraction of sp³-hybridized carbons (Fsp3) is 0.667. The third-order valence-corrected chi connectivity index (χ3v) is 5.28. The Balaban J connectivity index is 2.61. The highest BCUT2D eigenvalue weighted by Crippen LogP contribution is 2.32. The lowest BCUT2D eigenvalue weighted by Gasteiger charge is -2.10. The van der Waals surface area contributed by atoms with Crippen molar-refractivity contribution in [2.75, 3.05) is 17.6 Å². The Labute approximate surface area is 150 Å². The zero-order valence-corrected chi connectivity index (χ0v) is 15.8. The number of nitrogens with zero attached hydrogens (tertiary/aromatic N) is 1. The van der Waals surface area contributed by atoms with Gasteiger partial charge < -0.3 is 16.2 Å². The van der Waals surface area contributed by atoms with E-state index >= 15 is 0 Å². The van der Waals surface area contributed by atoms with Crippen molar-refractivity contribution in [3.05, 3.63) is 5.56 Å². The van der Waals surface area contributed by atoms with Crippen LogP contribution in [0.1, 0.15) is 56.3 Å². The normalized spacial score (nSPS) is 12.0. The van der Waals surface area contributed by atoms with E-state index in [-0.39, 0.29) is 12.1 Å². The van der Waals surface area contributed by atoms with Crippen LogP contribution in [-0.2, 0) is 0 Å². The van der Waals surface area contributed by atoms with Gasteiger partial charge in [-0.3, -0.25) is 10.1 Å². The summed E-state index contributed by atoms with van der Waals surface area (Å²) < 4.78 is 4.23. The highest BCUT2D eigenvalue weighted by Gasteiger charge is 2.20. The van der Waals surface area contributed by atoms with E-state index < -0.39 is 18.0 Å². The molecular weight excluding hydrogens is 348 g/mol. The molecule has 1 aromatic heterocycles. The largest absolute Gasteiger partial charge is 0.391 e. The molecule has 0 aliphatic carbocycles. The zero-order valence-electron chi connectivity index (χ0n) is 14.1. The van der Waals surface area contributed by atoms with Gasteiger partial charge in [0.2, 0.25) is 0 Å². The molecule has 24 heavy (non-hydrogen) atoms. The number of thioether (sulfide) groups is 1. The number of primary amides is 1. The molecule has 136 valence electrons. The van der Waals surface area contributed by atoms with Crippen molar-refractivity contribution in [1.82, 2.24) is 9.69 Å². The first-order valence-corrected chi connectivity index (χ1v) is 9.90. The fourth-order valence-electron chi connectivity index (χ4n) is 1.88. The summed E-state index contributed by atoms with van der Waals surface area (Å²) in [5.74, 6) is 0.252. The number of amides is 3. The summed E-state index contributed by atoms with van der Waals surface area (Å²) in [5, 5.41) is 15.5. The van der Waals surface area contributed by atoms with E-state index in [9.17, 15) is 14.7 Å².